The molecule has 1 aromatic heterocycles. The minimum Gasteiger partial charge on any atom is -0.395 e. The van der Waals surface area contributed by atoms with E-state index in [9.17, 15) is 9.59 Å². The summed E-state index contributed by atoms with van der Waals surface area (Å²) in [5, 5.41) is 13.8. The number of carbonyl (C=O) groups is 2. The van der Waals surface area contributed by atoms with Crippen LogP contribution < -0.4 is 5.32 Å². The molecule has 0 aliphatic carbocycles. The van der Waals surface area contributed by atoms with Crippen molar-refractivity contribution in [1.29, 1.82) is 0 Å². The maximum Gasteiger partial charge on any atom is 0.315 e. The fourth-order valence-electron chi connectivity index (χ4n) is 1.88. The molecule has 0 spiro atoms. The molecule has 0 aliphatic heterocycles. The third-order valence-electron chi connectivity index (χ3n) is 2.91. The number of benzene rings is 1. The van der Waals surface area contributed by atoms with Gasteiger partial charge in [-0.2, -0.15) is 0 Å². The van der Waals surface area contributed by atoms with Crippen LogP contribution in [0.1, 0.15) is 11.3 Å². The first kappa shape index (κ1) is 16.1. The molecule has 2 rings (SSSR count). The fourth-order valence-corrected chi connectivity index (χ4v) is 2.57. The predicted molar refractivity (Wildman–Crippen MR) is 84.4 cm³/mol. The van der Waals surface area contributed by atoms with E-state index in [1.807, 2.05) is 30.3 Å². The first-order chi connectivity index (χ1) is 10.6. The molecule has 0 bridgehead atoms. The van der Waals surface area contributed by atoms with Crippen molar-refractivity contribution in [2.45, 2.75) is 13.5 Å². The van der Waals surface area contributed by atoms with Gasteiger partial charge in [-0.25, -0.2) is 4.98 Å². The zero-order valence-corrected chi connectivity index (χ0v) is 13.0. The van der Waals surface area contributed by atoms with Crippen molar-refractivity contribution < 1.29 is 14.7 Å². The number of nitrogens with zero attached hydrogens (tertiary/aromatic N) is 2. The number of hydrogen-bond donors (Lipinski definition) is 2. The summed E-state index contributed by atoms with van der Waals surface area (Å²) in [4.78, 5) is 29.6. The molecule has 2 N–H and O–H groups in total. The highest BCUT2D eigenvalue weighted by Gasteiger charge is 2.22. The molecule has 0 radical (unpaired) electrons. The Morgan fingerprint density at radius 2 is 2.05 bits per heavy atom. The number of thiazole rings is 1. The standard InChI is InChI=1S/C15H17N3O3S/c1-11-10-22-15(16-11)17-13(20)14(21)18(7-8-19)9-12-5-3-2-4-6-12/h2-6,10,19H,7-9H2,1H3,(H,16,17,20). The van der Waals surface area contributed by atoms with Crippen molar-refractivity contribution in [3.8, 4) is 0 Å². The summed E-state index contributed by atoms with van der Waals surface area (Å²) in [5.74, 6) is -1.44. The number of amides is 2. The third kappa shape index (κ3) is 4.37. The Bertz CT molecular complexity index is 642. The molecule has 0 fully saturated rings. The minimum atomic E-state index is -0.751. The first-order valence-electron chi connectivity index (χ1n) is 6.77. The van der Waals surface area contributed by atoms with Crippen LogP contribution in [0, 0.1) is 6.92 Å². The van der Waals surface area contributed by atoms with Gasteiger partial charge in [0.05, 0.1) is 12.3 Å². The quantitative estimate of drug-likeness (QED) is 0.816. The normalized spacial score (nSPS) is 10.3. The summed E-state index contributed by atoms with van der Waals surface area (Å²) in [6, 6.07) is 9.31. The van der Waals surface area contributed by atoms with E-state index in [2.05, 4.69) is 10.3 Å². The number of rotatable bonds is 5. The topological polar surface area (TPSA) is 82.5 Å². The molecular formula is C15H17N3O3S. The van der Waals surface area contributed by atoms with Crippen molar-refractivity contribution in [2.24, 2.45) is 0 Å². The first-order valence-corrected chi connectivity index (χ1v) is 7.65. The highest BCUT2D eigenvalue weighted by molar-refractivity contribution is 7.14. The van der Waals surface area contributed by atoms with Crippen molar-refractivity contribution in [1.82, 2.24) is 9.88 Å². The Morgan fingerprint density at radius 3 is 2.64 bits per heavy atom. The Hall–Kier alpha value is -2.25. The third-order valence-corrected chi connectivity index (χ3v) is 3.78. The van der Waals surface area contributed by atoms with E-state index in [-0.39, 0.29) is 19.7 Å². The number of hydrogen-bond acceptors (Lipinski definition) is 5. The van der Waals surface area contributed by atoms with Gasteiger partial charge >= 0.3 is 11.8 Å². The fraction of sp³-hybridized carbons (Fsp3) is 0.267. The molecule has 2 amide bonds. The molecule has 0 saturated heterocycles. The zero-order valence-electron chi connectivity index (χ0n) is 12.2. The van der Waals surface area contributed by atoms with Gasteiger partial charge in [0.2, 0.25) is 0 Å². The average molecular weight is 319 g/mol. The van der Waals surface area contributed by atoms with Crippen molar-refractivity contribution in [3.63, 3.8) is 0 Å². The van der Waals surface area contributed by atoms with Gasteiger partial charge in [-0.1, -0.05) is 30.3 Å². The van der Waals surface area contributed by atoms with Gasteiger partial charge in [-0.15, -0.1) is 11.3 Å². The molecule has 0 unspecified atom stereocenters. The van der Waals surface area contributed by atoms with Gasteiger partial charge in [-0.3, -0.25) is 14.9 Å². The lowest BCUT2D eigenvalue weighted by Gasteiger charge is -2.20. The number of aliphatic hydroxyl groups is 1. The predicted octanol–water partition coefficient (Wildman–Crippen LogP) is 1.41. The minimum absolute atomic E-state index is 0.0953. The second-order valence-corrected chi connectivity index (χ2v) is 5.54. The number of carbonyl (C=O) groups excluding carboxylic acids is 2. The Labute approximate surface area is 132 Å². The zero-order chi connectivity index (χ0) is 15.9. The van der Waals surface area contributed by atoms with Crippen molar-refractivity contribution in [2.75, 3.05) is 18.5 Å². The van der Waals surface area contributed by atoms with E-state index in [1.54, 1.807) is 12.3 Å². The van der Waals surface area contributed by atoms with E-state index in [0.717, 1.165) is 11.3 Å². The molecular weight excluding hydrogens is 302 g/mol. The van der Waals surface area contributed by atoms with Gasteiger partial charge in [0.1, 0.15) is 0 Å². The Morgan fingerprint density at radius 1 is 1.32 bits per heavy atom. The summed E-state index contributed by atoms with van der Waals surface area (Å²) < 4.78 is 0. The van der Waals surface area contributed by atoms with E-state index in [1.165, 1.54) is 16.2 Å². The number of nitrogens with one attached hydrogen (secondary N) is 1. The molecule has 1 heterocycles. The molecule has 2 aromatic rings. The molecule has 7 heteroatoms. The summed E-state index contributed by atoms with van der Waals surface area (Å²) in [7, 11) is 0. The second kappa shape index (κ2) is 7.67. The van der Waals surface area contributed by atoms with E-state index in [4.69, 9.17) is 5.11 Å². The summed E-state index contributed by atoms with van der Waals surface area (Å²) >= 11 is 1.26. The number of aromatic nitrogens is 1. The SMILES string of the molecule is Cc1csc(NC(=O)C(=O)N(CCO)Cc2ccccc2)n1. The van der Waals surface area contributed by atoms with Crippen LogP contribution in [0.2, 0.25) is 0 Å². The number of anilines is 1. The monoisotopic (exact) mass is 319 g/mol. The highest BCUT2D eigenvalue weighted by atomic mass is 32.1. The summed E-state index contributed by atoms with van der Waals surface area (Å²) in [6.45, 7) is 1.96. The molecule has 0 aliphatic rings. The lowest BCUT2D eigenvalue weighted by molar-refractivity contribution is -0.143. The largest absolute Gasteiger partial charge is 0.395 e. The maximum atomic E-state index is 12.2. The number of aliphatic hydroxyl groups excluding tert-OH is 1. The van der Waals surface area contributed by atoms with E-state index < -0.39 is 11.8 Å². The average Bonchev–Trinajstić information content (AvgIpc) is 2.92. The van der Waals surface area contributed by atoms with Crippen LogP contribution in [0.3, 0.4) is 0 Å². The summed E-state index contributed by atoms with van der Waals surface area (Å²) in [5.41, 5.74) is 1.67. The Kier molecular flexibility index (Phi) is 5.62. The molecule has 6 nitrogen and oxygen atoms in total. The van der Waals surface area contributed by atoms with Crippen LogP contribution in [0.15, 0.2) is 35.7 Å². The van der Waals surface area contributed by atoms with Crippen molar-refractivity contribution in [3.05, 3.63) is 47.0 Å². The highest BCUT2D eigenvalue weighted by Crippen LogP contribution is 2.14. The van der Waals surface area contributed by atoms with Crippen LogP contribution in [0.25, 0.3) is 0 Å². The van der Waals surface area contributed by atoms with Crippen LogP contribution in [-0.2, 0) is 16.1 Å². The molecule has 1 aromatic carbocycles. The maximum absolute atomic E-state index is 12.2. The molecule has 22 heavy (non-hydrogen) atoms. The molecule has 0 saturated carbocycles. The van der Waals surface area contributed by atoms with Gasteiger partial charge in [0.15, 0.2) is 5.13 Å². The van der Waals surface area contributed by atoms with Crippen LogP contribution in [0.4, 0.5) is 5.13 Å². The lowest BCUT2D eigenvalue weighted by atomic mass is 10.2. The second-order valence-electron chi connectivity index (χ2n) is 4.68. The summed E-state index contributed by atoms with van der Waals surface area (Å²) in [6.07, 6.45) is 0. The lowest BCUT2D eigenvalue weighted by Crippen LogP contribution is -2.40. The molecule has 116 valence electrons. The van der Waals surface area contributed by atoms with Crippen LogP contribution in [0.5, 0.6) is 0 Å². The number of aryl methyl sites for hydroxylation is 1. The van der Waals surface area contributed by atoms with E-state index in [0.29, 0.717) is 5.13 Å². The van der Waals surface area contributed by atoms with Gasteiger partial charge in [-0.05, 0) is 12.5 Å². The Balaban J connectivity index is 2.03. The van der Waals surface area contributed by atoms with Crippen LogP contribution >= 0.6 is 11.3 Å². The van der Waals surface area contributed by atoms with Gasteiger partial charge in [0, 0.05) is 18.5 Å². The van der Waals surface area contributed by atoms with Gasteiger partial charge < -0.3 is 10.0 Å². The van der Waals surface area contributed by atoms with E-state index >= 15 is 0 Å². The smallest absolute Gasteiger partial charge is 0.315 e. The van der Waals surface area contributed by atoms with Crippen molar-refractivity contribution >= 4 is 28.3 Å². The molecule has 0 atom stereocenters. The van der Waals surface area contributed by atoms with Crippen LogP contribution in [-0.4, -0.2) is 40.0 Å². The van der Waals surface area contributed by atoms with Gasteiger partial charge in [0.25, 0.3) is 0 Å².